The molecule has 0 aliphatic carbocycles. The van der Waals surface area contributed by atoms with E-state index in [2.05, 4.69) is 0 Å². The Bertz CT molecular complexity index is 367. The van der Waals surface area contributed by atoms with E-state index in [1.807, 2.05) is 35.2 Å². The van der Waals surface area contributed by atoms with E-state index in [1.165, 1.54) is 0 Å². The molecule has 0 unspecified atom stereocenters. The van der Waals surface area contributed by atoms with Crippen LogP contribution in [0, 0.1) is 5.41 Å². The predicted octanol–water partition coefficient (Wildman–Crippen LogP) is 1.08. The lowest BCUT2D eigenvalue weighted by atomic mass is 10.2. The topological polar surface area (TPSA) is 44.2 Å². The zero-order chi connectivity index (χ0) is 10.7. The number of nitrogens with one attached hydrogen (secondary N) is 1. The molecule has 1 saturated heterocycles. The van der Waals surface area contributed by atoms with Crippen LogP contribution in [0.15, 0.2) is 30.3 Å². The molecule has 1 N–H and O–H groups in total. The van der Waals surface area contributed by atoms with Gasteiger partial charge in [0.15, 0.2) is 0 Å². The number of nitrogens with zero attached hydrogens (tertiary/aromatic N) is 1. The molecule has 1 heterocycles. The second-order valence-corrected chi connectivity index (χ2v) is 5.25. The molecule has 1 aliphatic heterocycles. The standard InChI is InChI=1S/C11H14N2OS/c12-11(10-4-2-1-3-5-10)13-6-8-15(14)9-7-13/h1-5,12H,6-9H2. The molecule has 1 aromatic rings. The van der Waals surface area contributed by atoms with Crippen LogP contribution in [-0.2, 0) is 10.8 Å². The zero-order valence-electron chi connectivity index (χ0n) is 8.48. The first-order valence-electron chi connectivity index (χ1n) is 5.01. The smallest absolute Gasteiger partial charge is 0.128 e. The molecule has 0 aromatic heterocycles. The SMILES string of the molecule is N=C(c1ccccc1)N1CCS(=O)CC1. The molecule has 0 spiro atoms. The highest BCUT2D eigenvalue weighted by molar-refractivity contribution is 7.85. The van der Waals surface area contributed by atoms with Crippen molar-refractivity contribution in [3.63, 3.8) is 0 Å². The minimum absolute atomic E-state index is 0.548. The van der Waals surface area contributed by atoms with Gasteiger partial charge in [0.2, 0.25) is 0 Å². The fourth-order valence-corrected chi connectivity index (χ4v) is 2.69. The van der Waals surface area contributed by atoms with Gasteiger partial charge in [-0.2, -0.15) is 0 Å². The molecule has 1 aliphatic rings. The predicted molar refractivity (Wildman–Crippen MR) is 62.7 cm³/mol. The van der Waals surface area contributed by atoms with Gasteiger partial charge in [0, 0.05) is 41.0 Å². The number of amidine groups is 1. The maximum atomic E-state index is 11.2. The zero-order valence-corrected chi connectivity index (χ0v) is 9.30. The minimum atomic E-state index is -0.672. The maximum Gasteiger partial charge on any atom is 0.128 e. The summed E-state index contributed by atoms with van der Waals surface area (Å²) in [5.41, 5.74) is 0.935. The molecule has 3 nitrogen and oxygen atoms in total. The lowest BCUT2D eigenvalue weighted by Gasteiger charge is -2.28. The summed E-state index contributed by atoms with van der Waals surface area (Å²) >= 11 is 0. The van der Waals surface area contributed by atoms with Crippen LogP contribution < -0.4 is 0 Å². The van der Waals surface area contributed by atoms with Crippen molar-refractivity contribution in [3.05, 3.63) is 35.9 Å². The summed E-state index contributed by atoms with van der Waals surface area (Å²) in [7, 11) is -0.672. The van der Waals surface area contributed by atoms with E-state index in [1.54, 1.807) is 0 Å². The molecule has 0 amide bonds. The lowest BCUT2D eigenvalue weighted by Crippen LogP contribution is -2.41. The molecule has 0 saturated carbocycles. The molecule has 0 bridgehead atoms. The first kappa shape index (κ1) is 10.4. The Morgan fingerprint density at radius 2 is 1.80 bits per heavy atom. The third kappa shape index (κ3) is 2.45. The van der Waals surface area contributed by atoms with Gasteiger partial charge >= 0.3 is 0 Å². The molecule has 2 rings (SSSR count). The fraction of sp³-hybridized carbons (Fsp3) is 0.364. The van der Waals surface area contributed by atoms with Crippen LogP contribution in [0.1, 0.15) is 5.56 Å². The van der Waals surface area contributed by atoms with Gasteiger partial charge in [-0.3, -0.25) is 9.62 Å². The molecular formula is C11H14N2OS. The van der Waals surface area contributed by atoms with E-state index in [-0.39, 0.29) is 0 Å². The summed E-state index contributed by atoms with van der Waals surface area (Å²) in [6.07, 6.45) is 0. The van der Waals surface area contributed by atoms with Crippen LogP contribution in [0.5, 0.6) is 0 Å². The van der Waals surface area contributed by atoms with E-state index in [4.69, 9.17) is 5.41 Å². The van der Waals surface area contributed by atoms with Crippen molar-refractivity contribution in [2.45, 2.75) is 0 Å². The number of benzene rings is 1. The minimum Gasteiger partial charge on any atom is -0.355 e. The second-order valence-electron chi connectivity index (χ2n) is 3.55. The third-order valence-corrected chi connectivity index (χ3v) is 3.82. The Hall–Kier alpha value is -1.16. The second kappa shape index (κ2) is 4.57. The molecule has 4 heteroatoms. The van der Waals surface area contributed by atoms with Crippen LogP contribution in [0.2, 0.25) is 0 Å². The van der Waals surface area contributed by atoms with Gasteiger partial charge in [0.05, 0.1) is 0 Å². The van der Waals surface area contributed by atoms with Crippen LogP contribution in [0.3, 0.4) is 0 Å². The van der Waals surface area contributed by atoms with Crippen molar-refractivity contribution in [1.29, 1.82) is 5.41 Å². The molecule has 1 fully saturated rings. The first-order valence-corrected chi connectivity index (χ1v) is 6.50. The number of hydrogen-bond donors (Lipinski definition) is 1. The van der Waals surface area contributed by atoms with Gasteiger partial charge in [-0.05, 0) is 0 Å². The summed E-state index contributed by atoms with van der Waals surface area (Å²) in [5.74, 6) is 1.93. The van der Waals surface area contributed by atoms with Gasteiger partial charge < -0.3 is 4.90 Å². The molecule has 0 atom stereocenters. The Morgan fingerprint density at radius 1 is 1.20 bits per heavy atom. The van der Waals surface area contributed by atoms with Gasteiger partial charge in [0.1, 0.15) is 5.84 Å². The van der Waals surface area contributed by atoms with E-state index in [9.17, 15) is 4.21 Å². The lowest BCUT2D eigenvalue weighted by molar-refractivity contribution is 0.453. The van der Waals surface area contributed by atoms with Crippen molar-refractivity contribution in [3.8, 4) is 0 Å². The number of hydrogen-bond acceptors (Lipinski definition) is 2. The highest BCUT2D eigenvalue weighted by Crippen LogP contribution is 2.07. The van der Waals surface area contributed by atoms with E-state index >= 15 is 0 Å². The summed E-state index contributed by atoms with van der Waals surface area (Å²) in [5, 5.41) is 8.02. The van der Waals surface area contributed by atoms with Gasteiger partial charge in [-0.1, -0.05) is 30.3 Å². The highest BCUT2D eigenvalue weighted by atomic mass is 32.2. The Balaban J connectivity index is 2.06. The Morgan fingerprint density at radius 3 is 2.40 bits per heavy atom. The molecule has 80 valence electrons. The molecule has 1 aromatic carbocycles. The average molecular weight is 222 g/mol. The van der Waals surface area contributed by atoms with Crippen LogP contribution in [0.25, 0.3) is 0 Å². The van der Waals surface area contributed by atoms with E-state index in [0.717, 1.165) is 18.7 Å². The van der Waals surface area contributed by atoms with Crippen molar-refractivity contribution >= 4 is 16.6 Å². The van der Waals surface area contributed by atoms with Crippen molar-refractivity contribution in [2.75, 3.05) is 24.6 Å². The van der Waals surface area contributed by atoms with Gasteiger partial charge in [-0.25, -0.2) is 0 Å². The largest absolute Gasteiger partial charge is 0.355 e. The van der Waals surface area contributed by atoms with Crippen LogP contribution >= 0.6 is 0 Å². The Kier molecular flexibility index (Phi) is 3.16. The van der Waals surface area contributed by atoms with Crippen LogP contribution in [-0.4, -0.2) is 39.5 Å². The summed E-state index contributed by atoms with van der Waals surface area (Å²) in [6.45, 7) is 1.47. The number of rotatable bonds is 1. The summed E-state index contributed by atoms with van der Waals surface area (Å²) < 4.78 is 11.2. The fourth-order valence-electron chi connectivity index (χ4n) is 1.64. The van der Waals surface area contributed by atoms with Gasteiger partial charge in [-0.15, -0.1) is 0 Å². The van der Waals surface area contributed by atoms with E-state index in [0.29, 0.717) is 17.3 Å². The van der Waals surface area contributed by atoms with Gasteiger partial charge in [0.25, 0.3) is 0 Å². The molecular weight excluding hydrogens is 208 g/mol. The van der Waals surface area contributed by atoms with Crippen molar-refractivity contribution in [2.24, 2.45) is 0 Å². The third-order valence-electron chi connectivity index (χ3n) is 2.54. The molecule has 0 radical (unpaired) electrons. The summed E-state index contributed by atoms with van der Waals surface area (Å²) in [6, 6.07) is 9.70. The van der Waals surface area contributed by atoms with E-state index < -0.39 is 10.8 Å². The normalized spacial score (nSPS) is 17.7. The highest BCUT2D eigenvalue weighted by Gasteiger charge is 2.18. The first-order chi connectivity index (χ1) is 7.27. The van der Waals surface area contributed by atoms with Crippen molar-refractivity contribution < 1.29 is 4.21 Å². The average Bonchev–Trinajstić information content (AvgIpc) is 2.30. The Labute approximate surface area is 92.1 Å². The molecule has 15 heavy (non-hydrogen) atoms. The quantitative estimate of drug-likeness (QED) is 0.571. The maximum absolute atomic E-state index is 11.2. The summed E-state index contributed by atoms with van der Waals surface area (Å²) in [4.78, 5) is 2.00. The van der Waals surface area contributed by atoms with Crippen molar-refractivity contribution in [1.82, 2.24) is 4.90 Å². The van der Waals surface area contributed by atoms with Crippen LogP contribution in [0.4, 0.5) is 0 Å². The monoisotopic (exact) mass is 222 g/mol.